The van der Waals surface area contributed by atoms with Gasteiger partial charge >= 0.3 is 0 Å². The fraction of sp³-hybridized carbons (Fsp3) is 0.182. The molecule has 0 saturated heterocycles. The molecule has 0 spiro atoms. The number of benzene rings is 1. The normalized spacial score (nSPS) is 14.3. The van der Waals surface area contributed by atoms with Gasteiger partial charge < -0.3 is 0 Å². The molecule has 0 aromatic heterocycles. The van der Waals surface area contributed by atoms with Crippen molar-refractivity contribution in [1.29, 1.82) is 5.26 Å². The summed E-state index contributed by atoms with van der Waals surface area (Å²) in [5, 5.41) is 8.80. The lowest BCUT2D eigenvalue weighted by Crippen LogP contribution is -1.99. The van der Waals surface area contributed by atoms with Gasteiger partial charge in [0.25, 0.3) is 0 Å². The number of hydrogen-bond donors (Lipinski definition) is 0. The Bertz CT molecular complexity index is 413. The Labute approximate surface area is 76.1 Å². The maximum Gasteiger partial charge on any atom is 0.123 e. The molecule has 1 nitrogen and oxygen atoms in total. The van der Waals surface area contributed by atoms with Crippen LogP contribution in [0.4, 0.5) is 4.39 Å². The third kappa shape index (κ3) is 1.33. The van der Waals surface area contributed by atoms with Gasteiger partial charge in [0.1, 0.15) is 5.82 Å². The van der Waals surface area contributed by atoms with Crippen molar-refractivity contribution in [3.63, 3.8) is 0 Å². The summed E-state index contributed by atoms with van der Waals surface area (Å²) in [5.41, 5.74) is 2.50. The molecule has 0 N–H and O–H groups in total. The molecular formula is C11H8FN. The number of nitrogens with zero attached hydrogens (tertiary/aromatic N) is 1. The Morgan fingerprint density at radius 1 is 1.38 bits per heavy atom. The van der Waals surface area contributed by atoms with Crippen LogP contribution in [0.2, 0.25) is 0 Å². The zero-order valence-corrected chi connectivity index (χ0v) is 7.05. The SMILES string of the molecule is N#CC1=CCCc2cc(F)ccc21. The van der Waals surface area contributed by atoms with Crippen molar-refractivity contribution in [1.82, 2.24) is 0 Å². The predicted octanol–water partition coefficient (Wildman–Crippen LogP) is 2.68. The third-order valence-electron chi connectivity index (χ3n) is 2.24. The Hall–Kier alpha value is -1.62. The molecule has 64 valence electrons. The van der Waals surface area contributed by atoms with Gasteiger partial charge in [-0.2, -0.15) is 5.26 Å². The average molecular weight is 173 g/mol. The van der Waals surface area contributed by atoms with Crippen LogP contribution in [0, 0.1) is 17.1 Å². The van der Waals surface area contributed by atoms with Gasteiger partial charge in [-0.25, -0.2) is 4.39 Å². The van der Waals surface area contributed by atoms with Gasteiger partial charge in [0.05, 0.1) is 11.6 Å². The Kier molecular flexibility index (Phi) is 1.86. The molecule has 1 aliphatic carbocycles. The summed E-state index contributed by atoms with van der Waals surface area (Å²) in [6, 6.07) is 6.71. The lowest BCUT2D eigenvalue weighted by atomic mass is 9.91. The van der Waals surface area contributed by atoms with E-state index in [2.05, 4.69) is 6.07 Å². The van der Waals surface area contributed by atoms with Crippen LogP contribution in [0.25, 0.3) is 5.57 Å². The second-order valence-electron chi connectivity index (χ2n) is 3.07. The van der Waals surface area contributed by atoms with E-state index < -0.39 is 0 Å². The van der Waals surface area contributed by atoms with E-state index >= 15 is 0 Å². The van der Waals surface area contributed by atoms with Gasteiger partial charge in [0.15, 0.2) is 0 Å². The largest absolute Gasteiger partial charge is 0.207 e. The van der Waals surface area contributed by atoms with Crippen LogP contribution < -0.4 is 0 Å². The third-order valence-corrected chi connectivity index (χ3v) is 2.24. The van der Waals surface area contributed by atoms with Crippen molar-refractivity contribution in [3.8, 4) is 6.07 Å². The Morgan fingerprint density at radius 2 is 2.23 bits per heavy atom. The number of fused-ring (bicyclic) bond motifs is 1. The number of rotatable bonds is 0. The Balaban J connectivity index is 2.57. The fourth-order valence-electron chi connectivity index (χ4n) is 1.62. The maximum atomic E-state index is 12.8. The number of allylic oxidation sites excluding steroid dienone is 2. The molecule has 0 amide bonds. The Morgan fingerprint density at radius 3 is 3.00 bits per heavy atom. The summed E-state index contributed by atoms with van der Waals surface area (Å²) in [5.74, 6) is -0.224. The minimum absolute atomic E-state index is 0.224. The van der Waals surface area contributed by atoms with Crippen LogP contribution in [-0.2, 0) is 6.42 Å². The van der Waals surface area contributed by atoms with Crippen molar-refractivity contribution in [2.75, 3.05) is 0 Å². The van der Waals surface area contributed by atoms with Crippen molar-refractivity contribution < 1.29 is 4.39 Å². The molecule has 0 bridgehead atoms. The number of aryl methyl sites for hydroxylation is 1. The highest BCUT2D eigenvalue weighted by atomic mass is 19.1. The van der Waals surface area contributed by atoms with E-state index in [1.54, 1.807) is 6.07 Å². The summed E-state index contributed by atoms with van der Waals surface area (Å²) in [6.45, 7) is 0. The summed E-state index contributed by atoms with van der Waals surface area (Å²) in [6.07, 6.45) is 3.57. The van der Waals surface area contributed by atoms with E-state index in [1.165, 1.54) is 12.1 Å². The molecule has 0 atom stereocenters. The van der Waals surface area contributed by atoms with Crippen LogP contribution in [0.3, 0.4) is 0 Å². The molecule has 0 heterocycles. The summed E-state index contributed by atoms with van der Waals surface area (Å²) < 4.78 is 12.8. The van der Waals surface area contributed by atoms with Crippen LogP contribution in [-0.4, -0.2) is 0 Å². The first-order valence-electron chi connectivity index (χ1n) is 4.20. The van der Waals surface area contributed by atoms with E-state index in [-0.39, 0.29) is 5.82 Å². The molecule has 0 radical (unpaired) electrons. The van der Waals surface area contributed by atoms with Gasteiger partial charge in [-0.3, -0.25) is 0 Å². The summed E-state index contributed by atoms with van der Waals surface area (Å²) in [4.78, 5) is 0. The minimum Gasteiger partial charge on any atom is -0.207 e. The molecule has 0 fully saturated rings. The van der Waals surface area contributed by atoms with Gasteiger partial charge in [0.2, 0.25) is 0 Å². The van der Waals surface area contributed by atoms with Crippen LogP contribution in [0.1, 0.15) is 17.5 Å². The van der Waals surface area contributed by atoms with Crippen LogP contribution in [0.15, 0.2) is 24.3 Å². The van der Waals surface area contributed by atoms with Crippen molar-refractivity contribution >= 4 is 5.57 Å². The number of nitriles is 1. The highest BCUT2D eigenvalue weighted by Gasteiger charge is 2.12. The molecular weight excluding hydrogens is 165 g/mol. The van der Waals surface area contributed by atoms with E-state index in [0.29, 0.717) is 5.57 Å². The van der Waals surface area contributed by atoms with Crippen LogP contribution >= 0.6 is 0 Å². The van der Waals surface area contributed by atoms with Crippen molar-refractivity contribution in [2.45, 2.75) is 12.8 Å². The van der Waals surface area contributed by atoms with Crippen molar-refractivity contribution in [3.05, 3.63) is 41.2 Å². The second-order valence-corrected chi connectivity index (χ2v) is 3.07. The molecule has 1 aromatic carbocycles. The molecule has 0 unspecified atom stereocenters. The lowest BCUT2D eigenvalue weighted by molar-refractivity contribution is 0.625. The monoisotopic (exact) mass is 173 g/mol. The first-order chi connectivity index (χ1) is 6.31. The minimum atomic E-state index is -0.224. The molecule has 2 rings (SSSR count). The van der Waals surface area contributed by atoms with E-state index in [4.69, 9.17) is 5.26 Å². The fourth-order valence-corrected chi connectivity index (χ4v) is 1.62. The van der Waals surface area contributed by atoms with Gasteiger partial charge in [-0.1, -0.05) is 12.1 Å². The predicted molar refractivity (Wildman–Crippen MR) is 48.3 cm³/mol. The highest BCUT2D eigenvalue weighted by Crippen LogP contribution is 2.26. The molecule has 0 aliphatic heterocycles. The molecule has 1 aromatic rings. The van der Waals surface area contributed by atoms with Gasteiger partial charge in [0, 0.05) is 0 Å². The summed E-state index contributed by atoms with van der Waals surface area (Å²) >= 11 is 0. The second kappa shape index (κ2) is 3.02. The molecule has 2 heteroatoms. The topological polar surface area (TPSA) is 23.8 Å². The average Bonchev–Trinajstić information content (AvgIpc) is 2.16. The molecule has 13 heavy (non-hydrogen) atoms. The molecule has 1 aliphatic rings. The maximum absolute atomic E-state index is 12.8. The van der Waals surface area contributed by atoms with Gasteiger partial charge in [-0.05, 0) is 36.1 Å². The molecule has 0 saturated carbocycles. The smallest absolute Gasteiger partial charge is 0.123 e. The van der Waals surface area contributed by atoms with Gasteiger partial charge in [-0.15, -0.1) is 0 Å². The van der Waals surface area contributed by atoms with E-state index in [1.807, 2.05) is 6.08 Å². The first-order valence-corrected chi connectivity index (χ1v) is 4.20. The lowest BCUT2D eigenvalue weighted by Gasteiger charge is -2.12. The summed E-state index contributed by atoms with van der Waals surface area (Å²) in [7, 11) is 0. The first kappa shape index (κ1) is 8.00. The highest BCUT2D eigenvalue weighted by molar-refractivity contribution is 5.79. The number of hydrogen-bond acceptors (Lipinski definition) is 1. The quantitative estimate of drug-likeness (QED) is 0.591. The number of halogens is 1. The van der Waals surface area contributed by atoms with Crippen LogP contribution in [0.5, 0.6) is 0 Å². The standard InChI is InChI=1S/C11H8FN/c12-10-4-5-11-8(6-10)2-1-3-9(11)7-13/h3-6H,1-2H2. The zero-order chi connectivity index (χ0) is 9.26. The van der Waals surface area contributed by atoms with Crippen molar-refractivity contribution in [2.24, 2.45) is 0 Å². The zero-order valence-electron chi connectivity index (χ0n) is 7.05. The van der Waals surface area contributed by atoms with E-state index in [9.17, 15) is 4.39 Å². The van der Waals surface area contributed by atoms with E-state index in [0.717, 1.165) is 24.0 Å².